The first kappa shape index (κ1) is 16.6. The van der Waals surface area contributed by atoms with Crippen molar-refractivity contribution in [3.05, 3.63) is 0 Å². The molecule has 2 atom stereocenters. The van der Waals surface area contributed by atoms with Crippen molar-refractivity contribution in [2.75, 3.05) is 14.2 Å². The lowest BCUT2D eigenvalue weighted by Gasteiger charge is -2.15. The second-order valence-electron chi connectivity index (χ2n) is 4.54. The summed E-state index contributed by atoms with van der Waals surface area (Å²) < 4.78 is 10.6. The smallest absolute Gasteiger partial charge is 0.122 e. The molecule has 0 saturated carbocycles. The molecular weight excluding hydrogens is 216 g/mol. The van der Waals surface area contributed by atoms with Crippen LogP contribution in [-0.4, -0.2) is 32.7 Å². The number of unbranched alkanes of at least 4 members (excludes halogenated alkanes) is 2. The Morgan fingerprint density at radius 1 is 0.941 bits per heavy atom. The molecule has 0 radical (unpaired) electrons. The SMILES string of the molecule is CCC[C@H](CCCCC[C@H](CC=O)OC)OC. The highest BCUT2D eigenvalue weighted by Crippen LogP contribution is 2.14. The maximum Gasteiger partial charge on any atom is 0.122 e. The Labute approximate surface area is 106 Å². The van der Waals surface area contributed by atoms with E-state index in [0.29, 0.717) is 12.5 Å². The second-order valence-corrected chi connectivity index (χ2v) is 4.54. The van der Waals surface area contributed by atoms with E-state index in [0.717, 1.165) is 32.0 Å². The molecule has 0 bridgehead atoms. The number of rotatable bonds is 12. The highest BCUT2D eigenvalue weighted by molar-refractivity contribution is 5.50. The third-order valence-corrected chi connectivity index (χ3v) is 3.19. The molecule has 0 rings (SSSR count). The maximum atomic E-state index is 10.4. The summed E-state index contributed by atoms with van der Waals surface area (Å²) >= 11 is 0. The number of ether oxygens (including phenoxy) is 2. The van der Waals surface area contributed by atoms with Crippen LogP contribution in [0, 0.1) is 0 Å². The van der Waals surface area contributed by atoms with Crippen molar-refractivity contribution in [3.8, 4) is 0 Å². The van der Waals surface area contributed by atoms with Gasteiger partial charge in [-0.1, -0.05) is 32.6 Å². The van der Waals surface area contributed by atoms with Crippen LogP contribution in [0.5, 0.6) is 0 Å². The van der Waals surface area contributed by atoms with E-state index >= 15 is 0 Å². The van der Waals surface area contributed by atoms with Crippen LogP contribution >= 0.6 is 0 Å². The minimum atomic E-state index is 0.112. The van der Waals surface area contributed by atoms with Gasteiger partial charge in [0.2, 0.25) is 0 Å². The first-order chi connectivity index (χ1) is 8.28. The topological polar surface area (TPSA) is 35.5 Å². The molecular formula is C14H28O3. The summed E-state index contributed by atoms with van der Waals surface area (Å²) in [4.78, 5) is 10.4. The van der Waals surface area contributed by atoms with E-state index in [1.807, 2.05) is 0 Å². The van der Waals surface area contributed by atoms with Crippen LogP contribution < -0.4 is 0 Å². The summed E-state index contributed by atoms with van der Waals surface area (Å²) in [6.07, 6.45) is 10.0. The molecule has 0 N–H and O–H groups in total. The van der Waals surface area contributed by atoms with E-state index in [9.17, 15) is 4.79 Å². The molecule has 0 aromatic heterocycles. The number of carbonyl (C=O) groups excluding carboxylic acids is 1. The highest BCUT2D eigenvalue weighted by Gasteiger charge is 2.07. The first-order valence-electron chi connectivity index (χ1n) is 6.77. The minimum Gasteiger partial charge on any atom is -0.381 e. The quantitative estimate of drug-likeness (QED) is 0.390. The molecule has 0 spiro atoms. The zero-order valence-corrected chi connectivity index (χ0v) is 11.6. The monoisotopic (exact) mass is 244 g/mol. The molecule has 0 aliphatic rings. The Morgan fingerprint density at radius 2 is 1.53 bits per heavy atom. The fraction of sp³-hybridized carbons (Fsp3) is 0.929. The van der Waals surface area contributed by atoms with Crippen LogP contribution in [0.25, 0.3) is 0 Å². The zero-order chi connectivity index (χ0) is 12.9. The van der Waals surface area contributed by atoms with Crippen molar-refractivity contribution < 1.29 is 14.3 Å². The van der Waals surface area contributed by atoms with Gasteiger partial charge in [0, 0.05) is 20.6 Å². The number of methoxy groups -OCH3 is 2. The van der Waals surface area contributed by atoms with Crippen LogP contribution in [0.4, 0.5) is 0 Å². The Kier molecular flexibility index (Phi) is 11.8. The lowest BCUT2D eigenvalue weighted by Crippen LogP contribution is -2.11. The third-order valence-electron chi connectivity index (χ3n) is 3.19. The average molecular weight is 244 g/mol. The third kappa shape index (κ3) is 9.31. The van der Waals surface area contributed by atoms with Crippen molar-refractivity contribution in [1.82, 2.24) is 0 Å². The second kappa shape index (κ2) is 12.1. The largest absolute Gasteiger partial charge is 0.381 e. The molecule has 3 heteroatoms. The fourth-order valence-electron chi connectivity index (χ4n) is 2.06. The molecule has 0 aromatic carbocycles. The number of hydrogen-bond acceptors (Lipinski definition) is 3. The van der Waals surface area contributed by atoms with Crippen LogP contribution in [0.15, 0.2) is 0 Å². The van der Waals surface area contributed by atoms with Crippen molar-refractivity contribution >= 4 is 6.29 Å². The first-order valence-corrected chi connectivity index (χ1v) is 6.77. The van der Waals surface area contributed by atoms with E-state index in [1.165, 1.54) is 19.3 Å². The Hall–Kier alpha value is -0.410. The van der Waals surface area contributed by atoms with Gasteiger partial charge in [0.25, 0.3) is 0 Å². The summed E-state index contributed by atoms with van der Waals surface area (Å²) in [7, 11) is 3.47. The molecule has 0 heterocycles. The standard InChI is InChI=1S/C14H28O3/c1-4-8-13(16-2)9-6-5-7-10-14(17-3)11-12-15/h12-14H,4-11H2,1-3H3/t13-,14-/m1/s1. The van der Waals surface area contributed by atoms with Gasteiger partial charge in [0.1, 0.15) is 6.29 Å². The average Bonchev–Trinajstić information content (AvgIpc) is 2.35. The van der Waals surface area contributed by atoms with Crippen LogP contribution in [0.2, 0.25) is 0 Å². The van der Waals surface area contributed by atoms with Gasteiger partial charge in [-0.3, -0.25) is 0 Å². The summed E-state index contributed by atoms with van der Waals surface area (Å²) in [6.45, 7) is 2.19. The van der Waals surface area contributed by atoms with Gasteiger partial charge in [-0.25, -0.2) is 0 Å². The summed E-state index contributed by atoms with van der Waals surface area (Å²) in [6, 6.07) is 0. The predicted octanol–water partition coefficient (Wildman–Crippen LogP) is 3.36. The van der Waals surface area contributed by atoms with Gasteiger partial charge < -0.3 is 14.3 Å². The van der Waals surface area contributed by atoms with E-state index in [-0.39, 0.29) is 6.10 Å². The normalized spacial score (nSPS) is 14.5. The molecule has 17 heavy (non-hydrogen) atoms. The summed E-state index contributed by atoms with van der Waals surface area (Å²) in [5.74, 6) is 0. The van der Waals surface area contributed by atoms with E-state index < -0.39 is 0 Å². The number of carbonyl (C=O) groups is 1. The van der Waals surface area contributed by atoms with Gasteiger partial charge in [-0.2, -0.15) is 0 Å². The summed E-state index contributed by atoms with van der Waals surface area (Å²) in [5, 5.41) is 0. The molecule has 3 nitrogen and oxygen atoms in total. The molecule has 0 saturated heterocycles. The van der Waals surface area contributed by atoms with E-state index in [1.54, 1.807) is 14.2 Å². The Balaban J connectivity index is 3.46. The predicted molar refractivity (Wildman–Crippen MR) is 70.3 cm³/mol. The van der Waals surface area contributed by atoms with Gasteiger partial charge in [0.05, 0.1) is 12.2 Å². The van der Waals surface area contributed by atoms with E-state index in [2.05, 4.69) is 6.92 Å². The maximum absolute atomic E-state index is 10.4. The Bertz CT molecular complexity index is 171. The molecule has 0 aromatic rings. The fourth-order valence-corrected chi connectivity index (χ4v) is 2.06. The van der Waals surface area contributed by atoms with Gasteiger partial charge in [-0.15, -0.1) is 0 Å². The van der Waals surface area contributed by atoms with Crippen LogP contribution in [0.1, 0.15) is 58.3 Å². The number of hydrogen-bond donors (Lipinski definition) is 0. The van der Waals surface area contributed by atoms with Crippen molar-refractivity contribution in [2.24, 2.45) is 0 Å². The zero-order valence-electron chi connectivity index (χ0n) is 11.6. The molecule has 0 unspecified atom stereocenters. The van der Waals surface area contributed by atoms with Gasteiger partial charge in [-0.05, 0) is 19.3 Å². The minimum absolute atomic E-state index is 0.112. The molecule has 0 aliphatic carbocycles. The number of aldehydes is 1. The van der Waals surface area contributed by atoms with Crippen molar-refractivity contribution in [3.63, 3.8) is 0 Å². The lowest BCUT2D eigenvalue weighted by atomic mass is 10.0. The molecule has 0 fully saturated rings. The Morgan fingerprint density at radius 3 is 2.00 bits per heavy atom. The van der Waals surface area contributed by atoms with Crippen LogP contribution in [0.3, 0.4) is 0 Å². The molecule has 0 aliphatic heterocycles. The summed E-state index contributed by atoms with van der Waals surface area (Å²) in [5.41, 5.74) is 0. The highest BCUT2D eigenvalue weighted by atomic mass is 16.5. The van der Waals surface area contributed by atoms with E-state index in [4.69, 9.17) is 9.47 Å². The van der Waals surface area contributed by atoms with Crippen molar-refractivity contribution in [1.29, 1.82) is 0 Å². The lowest BCUT2D eigenvalue weighted by molar-refractivity contribution is -0.110. The molecule has 102 valence electrons. The van der Waals surface area contributed by atoms with Crippen LogP contribution in [-0.2, 0) is 14.3 Å². The van der Waals surface area contributed by atoms with Crippen molar-refractivity contribution in [2.45, 2.75) is 70.5 Å². The van der Waals surface area contributed by atoms with Gasteiger partial charge >= 0.3 is 0 Å². The molecule has 0 amide bonds. The van der Waals surface area contributed by atoms with Gasteiger partial charge in [0.15, 0.2) is 0 Å².